The molecule has 0 N–H and O–H groups in total. The summed E-state index contributed by atoms with van der Waals surface area (Å²) in [6, 6.07) is 0. The molecule has 1 nitrogen and oxygen atoms in total. The molecule has 0 aromatic heterocycles. The lowest BCUT2D eigenvalue weighted by molar-refractivity contribution is -0.155. The fourth-order valence-corrected chi connectivity index (χ4v) is 1.77. The SMILES string of the molecule is O=C(CC(F)(F)F)C1CCCCC1. The van der Waals surface area contributed by atoms with Gasteiger partial charge in [0.1, 0.15) is 12.2 Å². The van der Waals surface area contributed by atoms with Crippen molar-refractivity contribution in [2.24, 2.45) is 5.92 Å². The number of hydrogen-bond donors (Lipinski definition) is 0. The highest BCUT2D eigenvalue weighted by molar-refractivity contribution is 5.81. The maximum atomic E-state index is 11.8. The average molecular weight is 194 g/mol. The van der Waals surface area contributed by atoms with Gasteiger partial charge in [-0.1, -0.05) is 19.3 Å². The number of rotatable bonds is 2. The number of hydrogen-bond acceptors (Lipinski definition) is 1. The predicted octanol–water partition coefficient (Wildman–Crippen LogP) is 3.09. The van der Waals surface area contributed by atoms with Gasteiger partial charge in [-0.15, -0.1) is 0 Å². The minimum Gasteiger partial charge on any atom is -0.299 e. The number of Topliss-reactive ketones (excluding diaryl/α,β-unsaturated/α-hetero) is 1. The predicted molar refractivity (Wildman–Crippen MR) is 42.3 cm³/mol. The molecule has 0 spiro atoms. The van der Waals surface area contributed by atoms with E-state index in [2.05, 4.69) is 0 Å². The molecule has 0 atom stereocenters. The molecule has 0 saturated heterocycles. The van der Waals surface area contributed by atoms with E-state index in [-0.39, 0.29) is 5.92 Å². The Kier molecular flexibility index (Phi) is 3.33. The van der Waals surface area contributed by atoms with Crippen LogP contribution < -0.4 is 0 Å². The Morgan fingerprint density at radius 2 is 1.69 bits per heavy atom. The molecule has 0 heterocycles. The van der Waals surface area contributed by atoms with Crippen LogP contribution in [0.1, 0.15) is 38.5 Å². The lowest BCUT2D eigenvalue weighted by Gasteiger charge is -2.20. The molecule has 1 saturated carbocycles. The van der Waals surface area contributed by atoms with Crippen molar-refractivity contribution in [3.63, 3.8) is 0 Å². The van der Waals surface area contributed by atoms with E-state index < -0.39 is 18.4 Å². The van der Waals surface area contributed by atoms with Gasteiger partial charge in [-0.3, -0.25) is 4.79 Å². The topological polar surface area (TPSA) is 17.1 Å². The molecular formula is C9H13F3O. The molecule has 13 heavy (non-hydrogen) atoms. The molecule has 0 aromatic carbocycles. The molecule has 0 amide bonds. The summed E-state index contributed by atoms with van der Waals surface area (Å²) < 4.78 is 35.5. The normalized spacial score (nSPS) is 20.2. The quantitative estimate of drug-likeness (QED) is 0.660. The fourth-order valence-electron chi connectivity index (χ4n) is 1.77. The fraction of sp³-hybridized carbons (Fsp3) is 0.889. The number of carbonyl (C=O) groups is 1. The second-order valence-electron chi connectivity index (χ2n) is 3.59. The van der Waals surface area contributed by atoms with Crippen molar-refractivity contribution in [1.82, 2.24) is 0 Å². The van der Waals surface area contributed by atoms with E-state index in [1.54, 1.807) is 0 Å². The summed E-state index contributed by atoms with van der Waals surface area (Å²) in [5.74, 6) is -0.942. The first-order valence-electron chi connectivity index (χ1n) is 4.58. The molecule has 0 bridgehead atoms. The lowest BCUT2D eigenvalue weighted by atomic mass is 9.85. The largest absolute Gasteiger partial charge is 0.395 e. The lowest BCUT2D eigenvalue weighted by Crippen LogP contribution is -2.23. The van der Waals surface area contributed by atoms with Gasteiger partial charge in [-0.2, -0.15) is 13.2 Å². The van der Waals surface area contributed by atoms with E-state index in [1.165, 1.54) is 0 Å². The Morgan fingerprint density at radius 1 is 1.15 bits per heavy atom. The van der Waals surface area contributed by atoms with Crippen LogP contribution in [0.5, 0.6) is 0 Å². The third-order valence-corrected chi connectivity index (χ3v) is 2.44. The molecular weight excluding hydrogens is 181 g/mol. The van der Waals surface area contributed by atoms with Gasteiger partial charge in [-0.05, 0) is 12.8 Å². The minimum absolute atomic E-state index is 0.324. The van der Waals surface area contributed by atoms with Crippen molar-refractivity contribution < 1.29 is 18.0 Å². The van der Waals surface area contributed by atoms with Crippen LogP contribution in [0.15, 0.2) is 0 Å². The van der Waals surface area contributed by atoms with Gasteiger partial charge in [-0.25, -0.2) is 0 Å². The van der Waals surface area contributed by atoms with Gasteiger partial charge in [0.15, 0.2) is 0 Å². The van der Waals surface area contributed by atoms with Crippen LogP contribution in [-0.2, 0) is 4.79 Å². The van der Waals surface area contributed by atoms with Crippen LogP contribution in [0.4, 0.5) is 13.2 Å². The standard InChI is InChI=1S/C9H13F3O/c10-9(11,12)6-8(13)7-4-2-1-3-5-7/h7H,1-6H2. The maximum Gasteiger partial charge on any atom is 0.395 e. The molecule has 76 valence electrons. The van der Waals surface area contributed by atoms with Crippen molar-refractivity contribution in [2.75, 3.05) is 0 Å². The zero-order valence-electron chi connectivity index (χ0n) is 7.36. The first-order chi connectivity index (χ1) is 5.99. The highest BCUT2D eigenvalue weighted by atomic mass is 19.4. The Hall–Kier alpha value is -0.540. The Labute approximate surface area is 75.3 Å². The number of carbonyl (C=O) groups excluding carboxylic acids is 1. The summed E-state index contributed by atoms with van der Waals surface area (Å²) >= 11 is 0. The van der Waals surface area contributed by atoms with Crippen molar-refractivity contribution in [3.8, 4) is 0 Å². The monoisotopic (exact) mass is 194 g/mol. The van der Waals surface area contributed by atoms with Crippen molar-refractivity contribution >= 4 is 5.78 Å². The van der Waals surface area contributed by atoms with Crippen LogP contribution in [0.25, 0.3) is 0 Å². The molecule has 4 heteroatoms. The summed E-state index contributed by atoms with van der Waals surface area (Å²) in [6.07, 6.45) is -1.42. The second kappa shape index (κ2) is 4.11. The van der Waals surface area contributed by atoms with Crippen LogP contribution in [0.3, 0.4) is 0 Å². The summed E-state index contributed by atoms with van der Waals surface area (Å²) in [6.45, 7) is 0. The second-order valence-corrected chi connectivity index (χ2v) is 3.59. The Balaban J connectivity index is 2.38. The summed E-state index contributed by atoms with van der Waals surface area (Å²) in [5, 5.41) is 0. The van der Waals surface area contributed by atoms with E-state index in [9.17, 15) is 18.0 Å². The number of ketones is 1. The third kappa shape index (κ3) is 3.79. The number of alkyl halides is 3. The summed E-state index contributed by atoms with van der Waals surface area (Å²) in [5.41, 5.74) is 0. The zero-order chi connectivity index (χ0) is 9.90. The maximum absolute atomic E-state index is 11.8. The van der Waals surface area contributed by atoms with E-state index in [4.69, 9.17) is 0 Å². The van der Waals surface area contributed by atoms with Gasteiger partial charge in [0, 0.05) is 5.92 Å². The Morgan fingerprint density at radius 3 is 2.15 bits per heavy atom. The first-order valence-corrected chi connectivity index (χ1v) is 4.58. The highest BCUT2D eigenvalue weighted by Crippen LogP contribution is 2.29. The molecule has 0 radical (unpaired) electrons. The molecule has 1 rings (SSSR count). The number of halogens is 3. The Bertz CT molecular complexity index is 180. The van der Waals surface area contributed by atoms with E-state index in [0.29, 0.717) is 12.8 Å². The van der Waals surface area contributed by atoms with Gasteiger partial charge in [0.05, 0.1) is 0 Å². The molecule has 0 aliphatic heterocycles. The molecule has 0 unspecified atom stereocenters. The molecule has 1 aliphatic rings. The third-order valence-electron chi connectivity index (χ3n) is 2.44. The van der Waals surface area contributed by atoms with Crippen LogP contribution in [0, 0.1) is 5.92 Å². The van der Waals surface area contributed by atoms with E-state index >= 15 is 0 Å². The van der Waals surface area contributed by atoms with Crippen LogP contribution >= 0.6 is 0 Å². The van der Waals surface area contributed by atoms with Crippen molar-refractivity contribution in [2.45, 2.75) is 44.7 Å². The van der Waals surface area contributed by atoms with Gasteiger partial charge in [0.2, 0.25) is 0 Å². The summed E-state index contributed by atoms with van der Waals surface area (Å²) in [4.78, 5) is 11.1. The molecule has 1 aliphatic carbocycles. The zero-order valence-corrected chi connectivity index (χ0v) is 7.36. The van der Waals surface area contributed by atoms with Crippen LogP contribution in [0.2, 0.25) is 0 Å². The molecule has 0 aromatic rings. The van der Waals surface area contributed by atoms with Gasteiger partial charge in [0.25, 0.3) is 0 Å². The van der Waals surface area contributed by atoms with Crippen LogP contribution in [-0.4, -0.2) is 12.0 Å². The van der Waals surface area contributed by atoms with Crippen molar-refractivity contribution in [1.29, 1.82) is 0 Å². The summed E-state index contributed by atoms with van der Waals surface area (Å²) in [7, 11) is 0. The van der Waals surface area contributed by atoms with Gasteiger partial charge < -0.3 is 0 Å². The van der Waals surface area contributed by atoms with E-state index in [0.717, 1.165) is 19.3 Å². The van der Waals surface area contributed by atoms with Crippen molar-refractivity contribution in [3.05, 3.63) is 0 Å². The highest BCUT2D eigenvalue weighted by Gasteiger charge is 2.34. The van der Waals surface area contributed by atoms with Gasteiger partial charge >= 0.3 is 6.18 Å². The smallest absolute Gasteiger partial charge is 0.299 e. The minimum atomic E-state index is -4.32. The average Bonchev–Trinajstić information content (AvgIpc) is 2.03. The first kappa shape index (κ1) is 10.5. The van der Waals surface area contributed by atoms with E-state index in [1.807, 2.05) is 0 Å². The molecule has 1 fully saturated rings.